The van der Waals surface area contributed by atoms with Gasteiger partial charge in [-0.1, -0.05) is 6.07 Å². The Hall–Kier alpha value is -1.36. The Morgan fingerprint density at radius 1 is 1.56 bits per heavy atom. The third-order valence-electron chi connectivity index (χ3n) is 2.23. The summed E-state index contributed by atoms with van der Waals surface area (Å²) in [5.41, 5.74) is 1.80. The van der Waals surface area contributed by atoms with Crippen molar-refractivity contribution in [2.75, 3.05) is 6.61 Å². The van der Waals surface area contributed by atoms with Gasteiger partial charge in [0, 0.05) is 5.39 Å². The van der Waals surface area contributed by atoms with E-state index in [2.05, 4.69) is 26.1 Å². The molecular weight excluding hydrogens is 272 g/mol. The van der Waals surface area contributed by atoms with Gasteiger partial charge >= 0.3 is 5.97 Å². The summed E-state index contributed by atoms with van der Waals surface area (Å²) in [5.74, 6) is -0.207. The summed E-state index contributed by atoms with van der Waals surface area (Å²) in [5, 5.41) is 7.89. The number of carbonyl (C=O) groups is 1. The molecular formula is C11H11BrN2O2. The quantitative estimate of drug-likeness (QED) is 0.880. The first-order valence-corrected chi connectivity index (χ1v) is 5.78. The number of esters is 1. The number of carbonyl (C=O) groups excluding carboxylic acids is 1. The second-order valence-electron chi connectivity index (χ2n) is 3.37. The van der Waals surface area contributed by atoms with Crippen LogP contribution < -0.4 is 0 Å². The molecule has 1 heterocycles. The molecule has 1 aromatic heterocycles. The fourth-order valence-electron chi connectivity index (χ4n) is 1.51. The molecule has 0 spiro atoms. The Morgan fingerprint density at radius 3 is 3.12 bits per heavy atom. The predicted octanol–water partition coefficient (Wildman–Crippen LogP) is 2.43. The van der Waals surface area contributed by atoms with E-state index in [4.69, 9.17) is 4.74 Å². The summed E-state index contributed by atoms with van der Waals surface area (Å²) >= 11 is 3.36. The highest BCUT2D eigenvalue weighted by molar-refractivity contribution is 9.10. The summed E-state index contributed by atoms with van der Waals surface area (Å²) in [6, 6.07) is 5.69. The van der Waals surface area contributed by atoms with Crippen LogP contribution in [-0.2, 0) is 16.0 Å². The van der Waals surface area contributed by atoms with Gasteiger partial charge in [-0.05, 0) is 40.5 Å². The van der Waals surface area contributed by atoms with Crippen LogP contribution in [0.15, 0.2) is 22.8 Å². The van der Waals surface area contributed by atoms with Gasteiger partial charge in [0.2, 0.25) is 0 Å². The van der Waals surface area contributed by atoms with Crippen LogP contribution in [0.4, 0.5) is 0 Å². The fraction of sp³-hybridized carbons (Fsp3) is 0.273. The highest BCUT2D eigenvalue weighted by Gasteiger charge is 2.07. The Kier molecular flexibility index (Phi) is 3.24. The van der Waals surface area contributed by atoms with E-state index in [9.17, 15) is 4.79 Å². The number of ether oxygens (including phenoxy) is 1. The molecule has 0 aliphatic rings. The summed E-state index contributed by atoms with van der Waals surface area (Å²) in [6.07, 6.45) is 0.293. The third kappa shape index (κ3) is 2.24. The van der Waals surface area contributed by atoms with E-state index in [-0.39, 0.29) is 5.97 Å². The summed E-state index contributed by atoms with van der Waals surface area (Å²) < 4.78 is 5.72. The van der Waals surface area contributed by atoms with Gasteiger partial charge < -0.3 is 4.74 Å². The molecule has 0 fully saturated rings. The molecule has 84 valence electrons. The zero-order valence-electron chi connectivity index (χ0n) is 8.79. The third-order valence-corrected chi connectivity index (χ3v) is 2.83. The van der Waals surface area contributed by atoms with E-state index < -0.39 is 0 Å². The average Bonchev–Trinajstić information content (AvgIpc) is 2.61. The molecule has 16 heavy (non-hydrogen) atoms. The molecule has 0 aliphatic carbocycles. The first kappa shape index (κ1) is 11.1. The number of benzene rings is 1. The lowest BCUT2D eigenvalue weighted by Gasteiger charge is -2.01. The Balaban J connectivity index is 2.25. The van der Waals surface area contributed by atoms with Crippen molar-refractivity contribution < 1.29 is 9.53 Å². The number of nitrogens with zero attached hydrogens (tertiary/aromatic N) is 1. The molecule has 1 aromatic carbocycles. The highest BCUT2D eigenvalue weighted by Crippen LogP contribution is 2.22. The van der Waals surface area contributed by atoms with Crippen LogP contribution >= 0.6 is 15.9 Å². The van der Waals surface area contributed by atoms with Crippen molar-refractivity contribution in [2.24, 2.45) is 0 Å². The molecule has 0 bridgehead atoms. The molecule has 0 saturated carbocycles. The normalized spacial score (nSPS) is 10.6. The Morgan fingerprint density at radius 2 is 2.38 bits per heavy atom. The van der Waals surface area contributed by atoms with Gasteiger partial charge in [-0.15, -0.1) is 0 Å². The lowest BCUT2D eigenvalue weighted by atomic mass is 10.1. The lowest BCUT2D eigenvalue weighted by Crippen LogP contribution is -2.07. The van der Waals surface area contributed by atoms with Gasteiger partial charge in [0.05, 0.1) is 18.5 Å². The smallest absolute Gasteiger partial charge is 0.310 e. The number of hydrogen-bond acceptors (Lipinski definition) is 3. The second kappa shape index (κ2) is 4.65. The molecule has 0 atom stereocenters. The molecule has 0 aliphatic heterocycles. The molecule has 2 aromatic rings. The van der Waals surface area contributed by atoms with E-state index in [1.807, 2.05) is 18.2 Å². The second-order valence-corrected chi connectivity index (χ2v) is 4.16. The minimum Gasteiger partial charge on any atom is -0.466 e. The summed E-state index contributed by atoms with van der Waals surface area (Å²) in [6.45, 7) is 2.21. The van der Waals surface area contributed by atoms with Crippen molar-refractivity contribution in [3.05, 3.63) is 28.4 Å². The average molecular weight is 283 g/mol. The van der Waals surface area contributed by atoms with E-state index >= 15 is 0 Å². The largest absolute Gasteiger partial charge is 0.466 e. The van der Waals surface area contributed by atoms with Gasteiger partial charge in [-0.3, -0.25) is 9.89 Å². The first-order chi connectivity index (χ1) is 7.70. The van der Waals surface area contributed by atoms with E-state index in [1.165, 1.54) is 0 Å². The topological polar surface area (TPSA) is 55.0 Å². The molecule has 2 rings (SSSR count). The Labute approximate surface area is 101 Å². The van der Waals surface area contributed by atoms with Crippen LogP contribution in [-0.4, -0.2) is 22.8 Å². The number of hydrogen-bond donors (Lipinski definition) is 1. The molecule has 0 radical (unpaired) electrons. The maximum absolute atomic E-state index is 11.3. The number of rotatable bonds is 3. The van der Waals surface area contributed by atoms with Crippen LogP contribution in [0.2, 0.25) is 0 Å². The molecule has 4 nitrogen and oxygen atoms in total. The summed E-state index contributed by atoms with van der Waals surface area (Å²) in [4.78, 5) is 11.3. The van der Waals surface area contributed by atoms with Crippen LogP contribution in [0.5, 0.6) is 0 Å². The highest BCUT2D eigenvalue weighted by atomic mass is 79.9. The van der Waals surface area contributed by atoms with Gasteiger partial charge in [0.25, 0.3) is 0 Å². The van der Waals surface area contributed by atoms with Crippen LogP contribution in [0.3, 0.4) is 0 Å². The van der Waals surface area contributed by atoms with Crippen molar-refractivity contribution in [3.63, 3.8) is 0 Å². The SMILES string of the molecule is CCOC(=O)Cc1ccc2n[nH]c(Br)c2c1. The van der Waals surface area contributed by atoms with Crippen LogP contribution in [0.25, 0.3) is 10.9 Å². The number of H-pyrrole nitrogens is 1. The van der Waals surface area contributed by atoms with Crippen LogP contribution in [0.1, 0.15) is 12.5 Å². The molecule has 0 unspecified atom stereocenters. The monoisotopic (exact) mass is 282 g/mol. The van der Waals surface area contributed by atoms with Crippen molar-refractivity contribution >= 4 is 32.8 Å². The van der Waals surface area contributed by atoms with Crippen molar-refractivity contribution in [1.29, 1.82) is 0 Å². The summed E-state index contributed by atoms with van der Waals surface area (Å²) in [7, 11) is 0. The standard InChI is InChI=1S/C11H11BrN2O2/c1-2-16-10(15)6-7-3-4-9-8(5-7)11(12)14-13-9/h3-5H,2,6H2,1H3,(H,13,14). The van der Waals surface area contributed by atoms with Gasteiger partial charge in [-0.2, -0.15) is 5.10 Å². The number of fused-ring (bicyclic) bond motifs is 1. The minimum absolute atomic E-state index is 0.207. The predicted molar refractivity (Wildman–Crippen MR) is 64.1 cm³/mol. The maximum Gasteiger partial charge on any atom is 0.310 e. The van der Waals surface area contributed by atoms with E-state index in [0.717, 1.165) is 21.1 Å². The van der Waals surface area contributed by atoms with Crippen LogP contribution in [0, 0.1) is 0 Å². The molecule has 5 heteroatoms. The maximum atomic E-state index is 11.3. The van der Waals surface area contributed by atoms with Crippen molar-refractivity contribution in [3.8, 4) is 0 Å². The Bertz CT molecular complexity index is 522. The first-order valence-electron chi connectivity index (χ1n) is 4.99. The van der Waals surface area contributed by atoms with E-state index in [1.54, 1.807) is 6.92 Å². The molecule has 0 amide bonds. The number of halogens is 1. The zero-order valence-corrected chi connectivity index (χ0v) is 10.4. The fourth-order valence-corrected chi connectivity index (χ4v) is 1.92. The number of aromatic amines is 1. The van der Waals surface area contributed by atoms with E-state index in [0.29, 0.717) is 13.0 Å². The minimum atomic E-state index is -0.207. The van der Waals surface area contributed by atoms with Gasteiger partial charge in [0.1, 0.15) is 4.60 Å². The number of aromatic nitrogens is 2. The van der Waals surface area contributed by atoms with Crippen molar-refractivity contribution in [1.82, 2.24) is 10.2 Å². The zero-order chi connectivity index (χ0) is 11.5. The molecule has 0 saturated heterocycles. The van der Waals surface area contributed by atoms with Gasteiger partial charge in [-0.25, -0.2) is 0 Å². The lowest BCUT2D eigenvalue weighted by molar-refractivity contribution is -0.142. The molecule has 1 N–H and O–H groups in total. The van der Waals surface area contributed by atoms with Crippen molar-refractivity contribution in [2.45, 2.75) is 13.3 Å². The number of nitrogens with one attached hydrogen (secondary N) is 1. The van der Waals surface area contributed by atoms with Gasteiger partial charge in [0.15, 0.2) is 0 Å².